The number of amides is 1. The van der Waals surface area contributed by atoms with Crippen molar-refractivity contribution in [3.8, 4) is 0 Å². The zero-order chi connectivity index (χ0) is 20.0. The van der Waals surface area contributed by atoms with E-state index in [2.05, 4.69) is 17.1 Å². The lowest BCUT2D eigenvalue weighted by molar-refractivity contribution is 0.0947. The van der Waals surface area contributed by atoms with E-state index < -0.39 is 10.0 Å². The van der Waals surface area contributed by atoms with Gasteiger partial charge >= 0.3 is 0 Å². The molecule has 0 aliphatic carbocycles. The first-order chi connectivity index (χ1) is 13.5. The van der Waals surface area contributed by atoms with Gasteiger partial charge in [0.25, 0.3) is 5.91 Å². The van der Waals surface area contributed by atoms with Crippen LogP contribution >= 0.6 is 0 Å². The summed E-state index contributed by atoms with van der Waals surface area (Å²) < 4.78 is 26.0. The molecule has 0 spiro atoms. The number of likely N-dealkylation sites (tertiary alicyclic amines) is 1. The van der Waals surface area contributed by atoms with Crippen molar-refractivity contribution in [3.05, 3.63) is 29.8 Å². The maximum absolute atomic E-state index is 12.5. The van der Waals surface area contributed by atoms with Crippen molar-refractivity contribution in [1.82, 2.24) is 10.2 Å². The third-order valence-corrected chi connectivity index (χ3v) is 7.74. The molecule has 1 N–H and O–H groups in total. The summed E-state index contributed by atoms with van der Waals surface area (Å²) in [4.78, 5) is 15.1. The zero-order valence-electron chi connectivity index (χ0n) is 16.9. The molecule has 3 rings (SSSR count). The minimum absolute atomic E-state index is 0.137. The first-order valence-corrected chi connectivity index (χ1v) is 12.2. The van der Waals surface area contributed by atoms with Gasteiger partial charge in [0.15, 0.2) is 0 Å². The summed E-state index contributed by atoms with van der Waals surface area (Å²) in [5, 5.41) is 2.99. The topological polar surface area (TPSA) is 69.7 Å². The highest BCUT2D eigenvalue weighted by Crippen LogP contribution is 2.24. The Balaban J connectivity index is 1.52. The van der Waals surface area contributed by atoms with E-state index in [9.17, 15) is 13.2 Å². The number of nitrogens with one attached hydrogen (secondary N) is 1. The van der Waals surface area contributed by atoms with Gasteiger partial charge < -0.3 is 10.2 Å². The largest absolute Gasteiger partial charge is 0.352 e. The van der Waals surface area contributed by atoms with Crippen molar-refractivity contribution in [2.24, 2.45) is 0 Å². The van der Waals surface area contributed by atoms with Crippen LogP contribution in [0.3, 0.4) is 0 Å². The molecular weight excluding hydrogens is 374 g/mol. The molecule has 1 amide bonds. The smallest absolute Gasteiger partial charge is 0.251 e. The van der Waals surface area contributed by atoms with E-state index in [0.717, 1.165) is 19.4 Å². The lowest BCUT2D eigenvalue weighted by Crippen LogP contribution is -2.40. The van der Waals surface area contributed by atoms with Gasteiger partial charge in [0.05, 0.1) is 11.4 Å². The summed E-state index contributed by atoms with van der Waals surface area (Å²) in [6, 6.07) is 7.64. The van der Waals surface area contributed by atoms with Crippen molar-refractivity contribution in [1.29, 1.82) is 0 Å². The van der Waals surface area contributed by atoms with Crippen molar-refractivity contribution in [3.63, 3.8) is 0 Å². The van der Waals surface area contributed by atoms with Gasteiger partial charge in [-0.2, -0.15) is 0 Å². The van der Waals surface area contributed by atoms with E-state index in [4.69, 9.17) is 0 Å². The van der Waals surface area contributed by atoms with Crippen molar-refractivity contribution in [2.45, 2.75) is 57.9 Å². The van der Waals surface area contributed by atoms with Gasteiger partial charge in [-0.1, -0.05) is 19.4 Å². The molecule has 0 unspecified atom stereocenters. The van der Waals surface area contributed by atoms with E-state index in [-0.39, 0.29) is 11.7 Å². The molecule has 1 aromatic carbocycles. The van der Waals surface area contributed by atoms with Crippen LogP contribution in [0.25, 0.3) is 0 Å². The highest BCUT2D eigenvalue weighted by molar-refractivity contribution is 7.92. The number of sulfonamides is 1. The summed E-state index contributed by atoms with van der Waals surface area (Å²) in [5.74, 6) is 0.0422. The van der Waals surface area contributed by atoms with Crippen LogP contribution in [0.4, 0.5) is 5.69 Å². The van der Waals surface area contributed by atoms with Crippen LogP contribution in [0.2, 0.25) is 0 Å². The predicted molar refractivity (Wildman–Crippen MR) is 113 cm³/mol. The molecule has 6 nitrogen and oxygen atoms in total. The summed E-state index contributed by atoms with van der Waals surface area (Å²) in [7, 11) is -3.26. The number of hydrogen-bond acceptors (Lipinski definition) is 4. The molecule has 2 heterocycles. The third kappa shape index (κ3) is 5.26. The Kier molecular flexibility index (Phi) is 7.35. The fraction of sp³-hybridized carbons (Fsp3) is 0.667. The Bertz CT molecular complexity index is 766. The van der Waals surface area contributed by atoms with E-state index in [1.165, 1.54) is 36.5 Å². The lowest BCUT2D eigenvalue weighted by atomic mass is 10.00. The van der Waals surface area contributed by atoms with Gasteiger partial charge in [0, 0.05) is 31.2 Å². The molecule has 1 atom stereocenters. The quantitative estimate of drug-likeness (QED) is 0.706. The molecule has 0 saturated carbocycles. The highest BCUT2D eigenvalue weighted by atomic mass is 32.2. The van der Waals surface area contributed by atoms with E-state index in [1.807, 2.05) is 0 Å². The Morgan fingerprint density at radius 1 is 1.18 bits per heavy atom. The Hall–Kier alpha value is -1.60. The molecule has 2 aliphatic rings. The number of benzene rings is 1. The number of hydrogen-bond donors (Lipinski definition) is 1. The maximum atomic E-state index is 12.5. The molecule has 1 aromatic rings. The van der Waals surface area contributed by atoms with Crippen LogP contribution in [0.1, 0.15) is 62.2 Å². The fourth-order valence-electron chi connectivity index (χ4n) is 4.28. The molecule has 7 heteroatoms. The predicted octanol–water partition coefficient (Wildman–Crippen LogP) is 3.00. The molecule has 2 fully saturated rings. The number of rotatable bonds is 7. The Morgan fingerprint density at radius 3 is 2.79 bits per heavy atom. The van der Waals surface area contributed by atoms with Crippen LogP contribution < -0.4 is 9.62 Å². The first kappa shape index (κ1) is 21.1. The van der Waals surface area contributed by atoms with E-state index in [1.54, 1.807) is 24.3 Å². The van der Waals surface area contributed by atoms with E-state index >= 15 is 0 Å². The second-order valence-electron chi connectivity index (χ2n) is 7.85. The van der Waals surface area contributed by atoms with Gasteiger partial charge in [-0.25, -0.2) is 8.42 Å². The number of piperidine rings is 1. The van der Waals surface area contributed by atoms with Crippen LogP contribution in [0.15, 0.2) is 24.3 Å². The minimum Gasteiger partial charge on any atom is -0.352 e. The number of carbonyl (C=O) groups excluding carboxylic acids is 1. The first-order valence-electron chi connectivity index (χ1n) is 10.6. The van der Waals surface area contributed by atoms with Gasteiger partial charge in [0.2, 0.25) is 10.0 Å². The monoisotopic (exact) mass is 407 g/mol. The molecule has 28 heavy (non-hydrogen) atoms. The maximum Gasteiger partial charge on any atom is 0.251 e. The molecule has 0 bridgehead atoms. The normalized spacial score (nSPS) is 22.8. The molecule has 2 saturated heterocycles. The van der Waals surface area contributed by atoms with Crippen LogP contribution in [0.5, 0.6) is 0 Å². The fourth-order valence-corrected chi connectivity index (χ4v) is 5.92. The van der Waals surface area contributed by atoms with Crippen molar-refractivity contribution >= 4 is 21.6 Å². The third-order valence-electron chi connectivity index (χ3n) is 5.87. The second kappa shape index (κ2) is 9.74. The molecule has 156 valence electrons. The molecule has 2 aliphatic heterocycles. The summed E-state index contributed by atoms with van der Waals surface area (Å²) in [6.07, 6.45) is 7.57. The van der Waals surface area contributed by atoms with Gasteiger partial charge in [-0.3, -0.25) is 9.10 Å². The lowest BCUT2D eigenvalue weighted by Gasteiger charge is -2.35. The summed E-state index contributed by atoms with van der Waals surface area (Å²) >= 11 is 0. The van der Waals surface area contributed by atoms with E-state index in [0.29, 0.717) is 36.8 Å². The molecule has 0 aromatic heterocycles. The van der Waals surface area contributed by atoms with Crippen LogP contribution in [0, 0.1) is 0 Å². The Morgan fingerprint density at radius 2 is 2.00 bits per heavy atom. The highest BCUT2D eigenvalue weighted by Gasteiger charge is 2.26. The Labute approximate surface area is 169 Å². The average Bonchev–Trinajstić information content (AvgIpc) is 2.71. The summed E-state index contributed by atoms with van der Waals surface area (Å²) in [6.45, 7) is 5.56. The average molecular weight is 408 g/mol. The van der Waals surface area contributed by atoms with Crippen molar-refractivity contribution in [2.75, 3.05) is 36.2 Å². The standard InChI is InChI=1S/C21H33N3O3S/c1-2-19-10-3-4-13-23(19)14-8-12-22-21(25)18-9-7-11-20(17-18)24-15-5-6-16-28(24,26)27/h7,9,11,17,19H,2-6,8,10,12-16H2,1H3,(H,22,25)/t19-/m1/s1. The molecular formula is C21H33N3O3S. The van der Waals surface area contributed by atoms with Gasteiger partial charge in [-0.15, -0.1) is 0 Å². The zero-order valence-corrected chi connectivity index (χ0v) is 17.7. The van der Waals surface area contributed by atoms with Crippen molar-refractivity contribution < 1.29 is 13.2 Å². The number of carbonyl (C=O) groups is 1. The van der Waals surface area contributed by atoms with Crippen LogP contribution in [-0.4, -0.2) is 57.2 Å². The second-order valence-corrected chi connectivity index (χ2v) is 9.86. The van der Waals surface area contributed by atoms with Gasteiger partial charge in [0.1, 0.15) is 0 Å². The summed E-state index contributed by atoms with van der Waals surface area (Å²) in [5.41, 5.74) is 1.11. The SMILES string of the molecule is CC[C@@H]1CCCCN1CCCNC(=O)c1cccc(N2CCCCS2(=O)=O)c1. The number of anilines is 1. The molecule has 0 radical (unpaired) electrons. The number of nitrogens with zero attached hydrogens (tertiary/aromatic N) is 2. The minimum atomic E-state index is -3.26. The van der Waals surface area contributed by atoms with Crippen LogP contribution in [-0.2, 0) is 10.0 Å². The van der Waals surface area contributed by atoms with Gasteiger partial charge in [-0.05, 0) is 63.3 Å².